The Bertz CT molecular complexity index is 582. The van der Waals surface area contributed by atoms with Crippen LogP contribution in [-0.4, -0.2) is 16.3 Å². The molecule has 0 saturated carbocycles. The van der Waals surface area contributed by atoms with Gasteiger partial charge < -0.3 is 5.73 Å². The van der Waals surface area contributed by atoms with Crippen LogP contribution in [0.25, 0.3) is 0 Å². The molecule has 1 aromatic heterocycles. The van der Waals surface area contributed by atoms with Crippen molar-refractivity contribution < 1.29 is 4.39 Å². The fourth-order valence-electron chi connectivity index (χ4n) is 2.33. The molecule has 0 aliphatic heterocycles. The summed E-state index contributed by atoms with van der Waals surface area (Å²) in [6.07, 6.45) is 0.126. The van der Waals surface area contributed by atoms with Gasteiger partial charge in [-0.15, -0.1) is 0 Å². The molecule has 0 amide bonds. The average Bonchev–Trinajstić information content (AvgIpc) is 2.75. The first-order valence-electron chi connectivity index (χ1n) is 6.68. The highest BCUT2D eigenvalue weighted by atomic mass is 35.5. The lowest BCUT2D eigenvalue weighted by Crippen LogP contribution is -2.33. The maximum absolute atomic E-state index is 15.2. The standard InChI is InChI=1S/C15H19ClFN3/c1-3-20-13(14(16)11(2)19-20)9-15(17,10-18)12-7-5-4-6-8-12/h4-8H,3,9-10,18H2,1-2H3. The van der Waals surface area contributed by atoms with Crippen molar-refractivity contribution in [3.63, 3.8) is 0 Å². The number of hydrogen-bond acceptors (Lipinski definition) is 2. The second kappa shape index (κ2) is 5.94. The van der Waals surface area contributed by atoms with Crippen molar-refractivity contribution in [2.45, 2.75) is 32.5 Å². The number of aryl methyl sites for hydroxylation is 2. The molecule has 1 aromatic carbocycles. The zero-order valence-corrected chi connectivity index (χ0v) is 12.5. The van der Waals surface area contributed by atoms with E-state index in [1.54, 1.807) is 16.8 Å². The topological polar surface area (TPSA) is 43.8 Å². The molecule has 3 nitrogen and oxygen atoms in total. The van der Waals surface area contributed by atoms with Gasteiger partial charge in [0, 0.05) is 19.5 Å². The minimum Gasteiger partial charge on any atom is -0.327 e. The third kappa shape index (κ3) is 2.72. The third-order valence-electron chi connectivity index (χ3n) is 3.52. The van der Waals surface area contributed by atoms with E-state index in [-0.39, 0.29) is 13.0 Å². The van der Waals surface area contributed by atoms with Gasteiger partial charge in [-0.2, -0.15) is 5.10 Å². The monoisotopic (exact) mass is 295 g/mol. The third-order valence-corrected chi connectivity index (χ3v) is 4.01. The molecule has 0 aliphatic carbocycles. The highest BCUT2D eigenvalue weighted by Gasteiger charge is 2.33. The molecule has 1 atom stereocenters. The Morgan fingerprint density at radius 2 is 2.00 bits per heavy atom. The Kier molecular flexibility index (Phi) is 4.45. The van der Waals surface area contributed by atoms with E-state index in [1.807, 2.05) is 32.0 Å². The van der Waals surface area contributed by atoms with Crippen LogP contribution in [-0.2, 0) is 18.6 Å². The fraction of sp³-hybridized carbons (Fsp3) is 0.400. The summed E-state index contributed by atoms with van der Waals surface area (Å²) in [6, 6.07) is 8.97. The van der Waals surface area contributed by atoms with Gasteiger partial charge in [0.2, 0.25) is 0 Å². The highest BCUT2D eigenvalue weighted by Crippen LogP contribution is 2.32. The highest BCUT2D eigenvalue weighted by molar-refractivity contribution is 6.31. The summed E-state index contributed by atoms with van der Waals surface area (Å²) in [4.78, 5) is 0. The van der Waals surface area contributed by atoms with Gasteiger partial charge in [-0.05, 0) is 19.4 Å². The molecule has 108 valence electrons. The van der Waals surface area contributed by atoms with Crippen LogP contribution in [0.15, 0.2) is 30.3 Å². The molecule has 2 rings (SSSR count). The summed E-state index contributed by atoms with van der Waals surface area (Å²) in [5.41, 5.74) is 6.04. The first-order chi connectivity index (χ1) is 9.51. The van der Waals surface area contributed by atoms with Gasteiger partial charge in [-0.25, -0.2) is 4.39 Å². The average molecular weight is 296 g/mol. The molecule has 2 N–H and O–H groups in total. The summed E-state index contributed by atoms with van der Waals surface area (Å²) in [5.74, 6) is 0. The van der Waals surface area contributed by atoms with Crippen LogP contribution < -0.4 is 5.73 Å². The van der Waals surface area contributed by atoms with Crippen molar-refractivity contribution in [2.75, 3.05) is 6.54 Å². The molecule has 0 fully saturated rings. The van der Waals surface area contributed by atoms with Crippen LogP contribution >= 0.6 is 11.6 Å². The largest absolute Gasteiger partial charge is 0.327 e. The zero-order chi connectivity index (χ0) is 14.8. The molecule has 20 heavy (non-hydrogen) atoms. The Morgan fingerprint density at radius 3 is 2.55 bits per heavy atom. The molecule has 1 unspecified atom stereocenters. The van der Waals surface area contributed by atoms with Crippen LogP contribution in [0.5, 0.6) is 0 Å². The van der Waals surface area contributed by atoms with E-state index in [9.17, 15) is 0 Å². The number of hydrogen-bond donors (Lipinski definition) is 1. The Hall–Kier alpha value is -1.39. The maximum Gasteiger partial charge on any atom is 0.153 e. The number of nitrogens with zero attached hydrogens (tertiary/aromatic N) is 2. The van der Waals surface area contributed by atoms with Crippen LogP contribution in [0.4, 0.5) is 4.39 Å². The molecule has 2 aromatic rings. The molecule has 0 aliphatic rings. The maximum atomic E-state index is 15.2. The van der Waals surface area contributed by atoms with Gasteiger partial charge in [0.25, 0.3) is 0 Å². The first kappa shape index (κ1) is 15.0. The second-order valence-corrected chi connectivity index (χ2v) is 5.25. The minimum absolute atomic E-state index is 0.0959. The summed E-state index contributed by atoms with van der Waals surface area (Å²) >= 11 is 6.25. The van der Waals surface area contributed by atoms with Crippen molar-refractivity contribution in [1.82, 2.24) is 9.78 Å². The van der Waals surface area contributed by atoms with E-state index >= 15 is 4.39 Å². The van der Waals surface area contributed by atoms with Crippen molar-refractivity contribution in [3.8, 4) is 0 Å². The predicted molar refractivity (Wildman–Crippen MR) is 79.6 cm³/mol. The zero-order valence-electron chi connectivity index (χ0n) is 11.7. The quantitative estimate of drug-likeness (QED) is 0.920. The molecule has 0 bridgehead atoms. The van der Waals surface area contributed by atoms with Crippen LogP contribution in [0.2, 0.25) is 5.02 Å². The minimum atomic E-state index is -1.63. The van der Waals surface area contributed by atoms with Gasteiger partial charge in [0.15, 0.2) is 5.67 Å². The summed E-state index contributed by atoms with van der Waals surface area (Å²) in [6.45, 7) is 4.33. The van der Waals surface area contributed by atoms with E-state index in [1.165, 1.54) is 0 Å². The first-order valence-corrected chi connectivity index (χ1v) is 7.06. The van der Waals surface area contributed by atoms with Crippen molar-refractivity contribution >= 4 is 11.6 Å². The van der Waals surface area contributed by atoms with E-state index in [0.717, 1.165) is 5.69 Å². The number of nitrogens with two attached hydrogens (primary N) is 1. The van der Waals surface area contributed by atoms with E-state index < -0.39 is 5.67 Å². The number of halogens is 2. The molecule has 0 spiro atoms. The van der Waals surface area contributed by atoms with Crippen LogP contribution in [0, 0.1) is 6.92 Å². The van der Waals surface area contributed by atoms with Gasteiger partial charge in [-0.3, -0.25) is 4.68 Å². The van der Waals surface area contributed by atoms with Crippen molar-refractivity contribution in [1.29, 1.82) is 0 Å². The summed E-state index contributed by atoms with van der Waals surface area (Å²) in [5, 5.41) is 4.84. The Labute approximate surface area is 123 Å². The number of rotatable bonds is 5. The van der Waals surface area contributed by atoms with Gasteiger partial charge >= 0.3 is 0 Å². The molecule has 5 heteroatoms. The van der Waals surface area contributed by atoms with Crippen molar-refractivity contribution in [2.24, 2.45) is 5.73 Å². The number of aromatic nitrogens is 2. The lowest BCUT2D eigenvalue weighted by Gasteiger charge is -2.24. The second-order valence-electron chi connectivity index (χ2n) is 4.87. The van der Waals surface area contributed by atoms with E-state index in [4.69, 9.17) is 17.3 Å². The molecular formula is C15H19ClFN3. The molecule has 0 saturated heterocycles. The molecule has 1 heterocycles. The number of benzene rings is 1. The Morgan fingerprint density at radius 1 is 1.35 bits per heavy atom. The summed E-state index contributed by atoms with van der Waals surface area (Å²) < 4.78 is 17.0. The molecular weight excluding hydrogens is 277 g/mol. The van der Waals surface area contributed by atoms with Crippen LogP contribution in [0.1, 0.15) is 23.9 Å². The van der Waals surface area contributed by atoms with Crippen LogP contribution in [0.3, 0.4) is 0 Å². The van der Waals surface area contributed by atoms with Gasteiger partial charge in [0.05, 0.1) is 16.4 Å². The van der Waals surface area contributed by atoms with E-state index in [2.05, 4.69) is 5.10 Å². The van der Waals surface area contributed by atoms with E-state index in [0.29, 0.717) is 22.8 Å². The molecule has 0 radical (unpaired) electrons. The number of alkyl halides is 1. The summed E-state index contributed by atoms with van der Waals surface area (Å²) in [7, 11) is 0. The SMILES string of the molecule is CCn1nc(C)c(Cl)c1CC(F)(CN)c1ccccc1. The van der Waals surface area contributed by atoms with Gasteiger partial charge in [-0.1, -0.05) is 41.9 Å². The van der Waals surface area contributed by atoms with Crippen molar-refractivity contribution in [3.05, 3.63) is 52.3 Å². The van der Waals surface area contributed by atoms with Gasteiger partial charge in [0.1, 0.15) is 0 Å². The lowest BCUT2D eigenvalue weighted by atomic mass is 9.91. The smallest absolute Gasteiger partial charge is 0.153 e. The lowest BCUT2D eigenvalue weighted by molar-refractivity contribution is 0.171. The normalized spacial score (nSPS) is 14.2. The predicted octanol–water partition coefficient (Wildman–Crippen LogP) is 3.23. The Balaban J connectivity index is 2.41. The fourth-order valence-corrected chi connectivity index (χ4v) is 2.53.